The zero-order valence-electron chi connectivity index (χ0n) is 13.8. The molecule has 8 nitrogen and oxygen atoms in total. The topological polar surface area (TPSA) is 88.3 Å². The summed E-state index contributed by atoms with van der Waals surface area (Å²) in [6, 6.07) is 5.65. The Morgan fingerprint density at radius 2 is 1.96 bits per heavy atom. The first-order valence-corrected chi connectivity index (χ1v) is 9.96. The number of carbonyl (C=O) groups is 1. The number of anilines is 1. The standard InChI is InChI=1S/C16H16N6O2S2/c23-13(11-26-16-20-19-14(24-16)12-3-1-10-25-12)21-6-8-22(9-7-21)15-17-4-2-5-18-15/h1-5,10H,6-9,11H2. The van der Waals surface area contributed by atoms with Gasteiger partial charge in [-0.2, -0.15) is 0 Å². The first kappa shape index (κ1) is 17.0. The fraction of sp³-hybridized carbons (Fsp3) is 0.312. The predicted octanol–water partition coefficient (Wildman–Crippen LogP) is 2.03. The Labute approximate surface area is 158 Å². The summed E-state index contributed by atoms with van der Waals surface area (Å²) >= 11 is 2.81. The molecule has 1 amide bonds. The first-order chi connectivity index (χ1) is 12.8. The number of thioether (sulfide) groups is 1. The van der Waals surface area contributed by atoms with E-state index in [0.29, 0.717) is 30.2 Å². The molecule has 134 valence electrons. The largest absolute Gasteiger partial charge is 0.410 e. The normalized spacial score (nSPS) is 14.6. The van der Waals surface area contributed by atoms with Gasteiger partial charge in [-0.05, 0) is 17.5 Å². The molecule has 4 rings (SSSR count). The van der Waals surface area contributed by atoms with Crippen molar-refractivity contribution in [2.24, 2.45) is 0 Å². The van der Waals surface area contributed by atoms with Crippen LogP contribution in [0.2, 0.25) is 0 Å². The molecule has 0 bridgehead atoms. The van der Waals surface area contributed by atoms with Crippen LogP contribution in [0.3, 0.4) is 0 Å². The van der Waals surface area contributed by atoms with Gasteiger partial charge >= 0.3 is 0 Å². The Balaban J connectivity index is 1.27. The number of hydrogen-bond donors (Lipinski definition) is 0. The Morgan fingerprint density at radius 3 is 2.69 bits per heavy atom. The van der Waals surface area contributed by atoms with Gasteiger partial charge in [0.15, 0.2) is 0 Å². The Kier molecular flexibility index (Phi) is 5.12. The average molecular weight is 388 g/mol. The molecule has 26 heavy (non-hydrogen) atoms. The molecule has 3 aromatic heterocycles. The highest BCUT2D eigenvalue weighted by Gasteiger charge is 2.23. The minimum absolute atomic E-state index is 0.0690. The molecule has 0 aromatic carbocycles. The van der Waals surface area contributed by atoms with Gasteiger partial charge in [-0.1, -0.05) is 17.8 Å². The zero-order chi connectivity index (χ0) is 17.8. The van der Waals surface area contributed by atoms with Crippen molar-refractivity contribution in [3.63, 3.8) is 0 Å². The van der Waals surface area contributed by atoms with Crippen LogP contribution in [-0.2, 0) is 4.79 Å². The molecule has 1 saturated heterocycles. The SMILES string of the molecule is O=C(CSc1nnc(-c2cccs2)o1)N1CCN(c2ncccn2)CC1. The molecule has 0 atom stereocenters. The van der Waals surface area contributed by atoms with Gasteiger partial charge in [0, 0.05) is 38.6 Å². The Morgan fingerprint density at radius 1 is 1.15 bits per heavy atom. The maximum absolute atomic E-state index is 12.4. The van der Waals surface area contributed by atoms with Crippen molar-refractivity contribution < 1.29 is 9.21 Å². The fourth-order valence-electron chi connectivity index (χ4n) is 2.59. The van der Waals surface area contributed by atoms with E-state index in [4.69, 9.17) is 4.42 Å². The number of rotatable bonds is 5. The van der Waals surface area contributed by atoms with E-state index in [-0.39, 0.29) is 11.7 Å². The molecule has 3 aromatic rings. The minimum atomic E-state index is 0.0690. The van der Waals surface area contributed by atoms with Gasteiger partial charge in [0.05, 0.1) is 10.6 Å². The molecule has 0 N–H and O–H groups in total. The second-order valence-corrected chi connectivity index (χ2v) is 7.43. The van der Waals surface area contributed by atoms with Gasteiger partial charge in [0.2, 0.25) is 11.9 Å². The second-order valence-electron chi connectivity index (χ2n) is 5.56. The summed E-state index contributed by atoms with van der Waals surface area (Å²) in [5, 5.41) is 10.4. The van der Waals surface area contributed by atoms with E-state index < -0.39 is 0 Å². The van der Waals surface area contributed by atoms with Crippen LogP contribution in [-0.4, -0.2) is 62.9 Å². The lowest BCUT2D eigenvalue weighted by atomic mass is 10.3. The van der Waals surface area contributed by atoms with Gasteiger partial charge in [-0.25, -0.2) is 9.97 Å². The molecule has 1 fully saturated rings. The molecular formula is C16H16N6O2S2. The molecule has 10 heteroatoms. The lowest BCUT2D eigenvalue weighted by Crippen LogP contribution is -2.49. The zero-order valence-corrected chi connectivity index (χ0v) is 15.4. The maximum atomic E-state index is 12.4. The van der Waals surface area contributed by atoms with Crippen molar-refractivity contribution in [2.45, 2.75) is 5.22 Å². The third kappa shape index (κ3) is 3.86. The number of thiophene rings is 1. The van der Waals surface area contributed by atoms with Crippen molar-refractivity contribution >= 4 is 35.0 Å². The fourth-order valence-corrected chi connectivity index (χ4v) is 3.90. The van der Waals surface area contributed by atoms with Gasteiger partial charge in [-0.15, -0.1) is 21.5 Å². The lowest BCUT2D eigenvalue weighted by molar-refractivity contribution is -0.128. The highest BCUT2D eigenvalue weighted by atomic mass is 32.2. The van der Waals surface area contributed by atoms with Crippen molar-refractivity contribution in [1.82, 2.24) is 25.1 Å². The monoisotopic (exact) mass is 388 g/mol. The summed E-state index contributed by atoms with van der Waals surface area (Å²) < 4.78 is 5.60. The smallest absolute Gasteiger partial charge is 0.277 e. The average Bonchev–Trinajstić information content (AvgIpc) is 3.38. The molecule has 0 aliphatic carbocycles. The number of hydrogen-bond acceptors (Lipinski definition) is 9. The quantitative estimate of drug-likeness (QED) is 0.614. The van der Waals surface area contributed by atoms with Crippen LogP contribution in [0.4, 0.5) is 5.95 Å². The van der Waals surface area contributed by atoms with Crippen LogP contribution in [0.15, 0.2) is 45.6 Å². The van der Waals surface area contributed by atoms with Crippen LogP contribution < -0.4 is 4.90 Å². The Hall–Kier alpha value is -2.46. The van der Waals surface area contributed by atoms with Crippen LogP contribution in [0.5, 0.6) is 0 Å². The summed E-state index contributed by atoms with van der Waals surface area (Å²) in [6.45, 7) is 2.76. The summed E-state index contributed by atoms with van der Waals surface area (Å²) in [7, 11) is 0. The molecule has 1 aliphatic heterocycles. The molecule has 0 unspecified atom stereocenters. The highest BCUT2D eigenvalue weighted by molar-refractivity contribution is 7.99. The van der Waals surface area contributed by atoms with Crippen molar-refractivity contribution in [2.75, 3.05) is 36.8 Å². The summed E-state index contributed by atoms with van der Waals surface area (Å²) in [6.07, 6.45) is 3.46. The Bertz CT molecular complexity index is 847. The van der Waals surface area contributed by atoms with E-state index in [1.165, 1.54) is 23.1 Å². The summed E-state index contributed by atoms with van der Waals surface area (Å²) in [5.74, 6) is 1.56. The number of aromatic nitrogens is 4. The summed E-state index contributed by atoms with van der Waals surface area (Å²) in [5.41, 5.74) is 0. The maximum Gasteiger partial charge on any atom is 0.277 e. The van der Waals surface area contributed by atoms with Gasteiger partial charge in [0.1, 0.15) is 0 Å². The van der Waals surface area contributed by atoms with Crippen LogP contribution in [0.1, 0.15) is 0 Å². The number of nitrogens with zero attached hydrogens (tertiary/aromatic N) is 6. The van der Waals surface area contributed by atoms with E-state index in [2.05, 4.69) is 25.1 Å². The van der Waals surface area contributed by atoms with Crippen LogP contribution in [0.25, 0.3) is 10.8 Å². The summed E-state index contributed by atoms with van der Waals surface area (Å²) in [4.78, 5) is 25.8. The van der Waals surface area contributed by atoms with Crippen LogP contribution in [0, 0.1) is 0 Å². The molecule has 1 aliphatic rings. The van der Waals surface area contributed by atoms with Crippen molar-refractivity contribution in [3.8, 4) is 10.8 Å². The van der Waals surface area contributed by atoms with Gasteiger partial charge < -0.3 is 14.2 Å². The number of carbonyl (C=O) groups excluding carboxylic acids is 1. The third-order valence-electron chi connectivity index (χ3n) is 3.92. The van der Waals surface area contributed by atoms with Crippen molar-refractivity contribution in [3.05, 3.63) is 36.0 Å². The molecule has 4 heterocycles. The molecule has 0 radical (unpaired) electrons. The van der Waals surface area contributed by atoms with Gasteiger partial charge in [0.25, 0.3) is 11.1 Å². The molecular weight excluding hydrogens is 372 g/mol. The van der Waals surface area contributed by atoms with E-state index in [9.17, 15) is 4.79 Å². The van der Waals surface area contributed by atoms with E-state index in [1.807, 2.05) is 22.4 Å². The van der Waals surface area contributed by atoms with E-state index >= 15 is 0 Å². The third-order valence-corrected chi connectivity index (χ3v) is 5.59. The molecule has 0 saturated carbocycles. The van der Waals surface area contributed by atoms with E-state index in [0.717, 1.165) is 18.0 Å². The number of amides is 1. The van der Waals surface area contributed by atoms with Crippen molar-refractivity contribution in [1.29, 1.82) is 0 Å². The minimum Gasteiger partial charge on any atom is -0.410 e. The first-order valence-electron chi connectivity index (χ1n) is 8.09. The highest BCUT2D eigenvalue weighted by Crippen LogP contribution is 2.26. The van der Waals surface area contributed by atoms with Crippen LogP contribution >= 0.6 is 23.1 Å². The van der Waals surface area contributed by atoms with E-state index in [1.54, 1.807) is 18.5 Å². The second kappa shape index (κ2) is 7.83. The number of piperazine rings is 1. The predicted molar refractivity (Wildman–Crippen MR) is 99.2 cm³/mol. The molecule has 0 spiro atoms. The van der Waals surface area contributed by atoms with Gasteiger partial charge in [-0.3, -0.25) is 4.79 Å². The lowest BCUT2D eigenvalue weighted by Gasteiger charge is -2.34.